The molecule has 3 rings (SSSR count). The van der Waals surface area contributed by atoms with E-state index in [-0.39, 0.29) is 6.04 Å². The van der Waals surface area contributed by atoms with Gasteiger partial charge in [-0.15, -0.1) is 11.3 Å². The van der Waals surface area contributed by atoms with Crippen LogP contribution in [0.15, 0.2) is 39.2 Å². The van der Waals surface area contributed by atoms with Gasteiger partial charge in [-0.25, -0.2) is 13.1 Å². The molecular formula is C18H26N2O3S2. The number of aryl methyl sites for hydroxylation is 1. The maximum atomic E-state index is 12.6. The van der Waals surface area contributed by atoms with Crippen LogP contribution in [0.2, 0.25) is 0 Å². The van der Waals surface area contributed by atoms with Gasteiger partial charge < -0.3 is 4.42 Å². The molecule has 1 atom stereocenters. The van der Waals surface area contributed by atoms with Crippen molar-refractivity contribution in [3.8, 4) is 0 Å². The van der Waals surface area contributed by atoms with Crippen LogP contribution in [0.25, 0.3) is 0 Å². The zero-order valence-electron chi connectivity index (χ0n) is 14.8. The van der Waals surface area contributed by atoms with E-state index < -0.39 is 10.0 Å². The SMILES string of the molecule is CCc1ccc(S(=O)(=O)NCC(c2ccco2)N2CCC(C)CC2)s1. The van der Waals surface area contributed by atoms with Gasteiger partial charge in [-0.3, -0.25) is 4.90 Å². The number of sulfonamides is 1. The first-order valence-corrected chi connectivity index (χ1v) is 11.2. The summed E-state index contributed by atoms with van der Waals surface area (Å²) in [6.07, 6.45) is 4.76. The summed E-state index contributed by atoms with van der Waals surface area (Å²) in [7, 11) is -3.48. The molecule has 2 aromatic heterocycles. The summed E-state index contributed by atoms with van der Waals surface area (Å²) in [5, 5.41) is 0. The van der Waals surface area contributed by atoms with Crippen molar-refractivity contribution in [2.45, 2.75) is 43.4 Å². The van der Waals surface area contributed by atoms with Gasteiger partial charge >= 0.3 is 0 Å². The van der Waals surface area contributed by atoms with Crippen LogP contribution < -0.4 is 4.72 Å². The molecule has 1 saturated heterocycles. The molecule has 25 heavy (non-hydrogen) atoms. The number of piperidine rings is 1. The van der Waals surface area contributed by atoms with Gasteiger partial charge in [0.15, 0.2) is 0 Å². The average Bonchev–Trinajstić information content (AvgIpc) is 3.28. The minimum Gasteiger partial charge on any atom is -0.468 e. The topological polar surface area (TPSA) is 62.6 Å². The van der Waals surface area contributed by atoms with Crippen LogP contribution in [0.4, 0.5) is 0 Å². The molecule has 1 aliphatic heterocycles. The second kappa shape index (κ2) is 8.03. The van der Waals surface area contributed by atoms with E-state index in [1.807, 2.05) is 25.1 Å². The normalized spacial score (nSPS) is 18.5. The van der Waals surface area contributed by atoms with Crippen LogP contribution in [0.3, 0.4) is 0 Å². The molecule has 0 spiro atoms. The number of nitrogens with zero attached hydrogens (tertiary/aromatic N) is 1. The molecule has 1 N–H and O–H groups in total. The third-order valence-electron chi connectivity index (χ3n) is 4.85. The molecule has 1 aliphatic rings. The molecule has 3 heterocycles. The van der Waals surface area contributed by atoms with Crippen LogP contribution in [0.5, 0.6) is 0 Å². The van der Waals surface area contributed by atoms with E-state index in [0.29, 0.717) is 10.8 Å². The zero-order chi connectivity index (χ0) is 17.9. The second-order valence-electron chi connectivity index (χ2n) is 6.68. The van der Waals surface area contributed by atoms with E-state index >= 15 is 0 Å². The van der Waals surface area contributed by atoms with Crippen molar-refractivity contribution in [2.24, 2.45) is 5.92 Å². The van der Waals surface area contributed by atoms with E-state index in [2.05, 4.69) is 16.5 Å². The first-order chi connectivity index (χ1) is 12.0. The van der Waals surface area contributed by atoms with Crippen LogP contribution in [-0.2, 0) is 16.4 Å². The van der Waals surface area contributed by atoms with Crippen molar-refractivity contribution < 1.29 is 12.8 Å². The van der Waals surface area contributed by atoms with Gasteiger partial charge in [0, 0.05) is 11.4 Å². The molecular weight excluding hydrogens is 356 g/mol. The van der Waals surface area contributed by atoms with E-state index in [4.69, 9.17) is 4.42 Å². The summed E-state index contributed by atoms with van der Waals surface area (Å²) in [6, 6.07) is 7.29. The van der Waals surface area contributed by atoms with Gasteiger partial charge in [-0.1, -0.05) is 13.8 Å². The molecule has 0 bridgehead atoms. The van der Waals surface area contributed by atoms with Crippen LogP contribution in [0.1, 0.15) is 43.4 Å². The monoisotopic (exact) mass is 382 g/mol. The quantitative estimate of drug-likeness (QED) is 0.794. The van der Waals surface area contributed by atoms with Gasteiger partial charge in [0.05, 0.1) is 12.3 Å². The number of thiophene rings is 1. The summed E-state index contributed by atoms with van der Waals surface area (Å²) in [5.74, 6) is 1.54. The smallest absolute Gasteiger partial charge is 0.250 e. The van der Waals surface area contributed by atoms with Gasteiger partial charge in [0.1, 0.15) is 9.97 Å². The van der Waals surface area contributed by atoms with E-state index in [0.717, 1.165) is 48.9 Å². The van der Waals surface area contributed by atoms with Gasteiger partial charge in [0.25, 0.3) is 0 Å². The van der Waals surface area contributed by atoms with E-state index in [1.165, 1.54) is 11.3 Å². The highest BCUT2D eigenvalue weighted by Gasteiger charge is 2.28. The minimum absolute atomic E-state index is 0.0668. The highest BCUT2D eigenvalue weighted by atomic mass is 32.2. The summed E-state index contributed by atoms with van der Waals surface area (Å²) < 4.78 is 34.0. The Morgan fingerprint density at radius 3 is 2.68 bits per heavy atom. The Labute approximate surface area is 154 Å². The first kappa shape index (κ1) is 18.6. The molecule has 0 amide bonds. The predicted molar refractivity (Wildman–Crippen MR) is 100 cm³/mol. The Morgan fingerprint density at radius 2 is 2.08 bits per heavy atom. The van der Waals surface area contributed by atoms with Crippen molar-refractivity contribution in [3.05, 3.63) is 41.2 Å². The fourth-order valence-electron chi connectivity index (χ4n) is 3.18. The van der Waals surface area contributed by atoms with E-state index in [9.17, 15) is 8.42 Å². The second-order valence-corrected chi connectivity index (χ2v) is 9.84. The lowest BCUT2D eigenvalue weighted by molar-refractivity contribution is 0.125. The van der Waals surface area contributed by atoms with Crippen LogP contribution in [0, 0.1) is 5.92 Å². The zero-order valence-corrected chi connectivity index (χ0v) is 16.4. The highest BCUT2D eigenvalue weighted by Crippen LogP contribution is 2.28. The minimum atomic E-state index is -3.48. The molecule has 7 heteroatoms. The molecule has 5 nitrogen and oxygen atoms in total. The summed E-state index contributed by atoms with van der Waals surface area (Å²) in [4.78, 5) is 3.40. The fourth-order valence-corrected chi connectivity index (χ4v) is 5.56. The van der Waals surface area contributed by atoms with Crippen molar-refractivity contribution in [3.63, 3.8) is 0 Å². The predicted octanol–water partition coefficient (Wildman–Crippen LogP) is 3.66. The number of rotatable bonds is 7. The number of hydrogen-bond donors (Lipinski definition) is 1. The average molecular weight is 383 g/mol. The third-order valence-corrected chi connectivity index (χ3v) is 7.99. The number of nitrogens with one attached hydrogen (secondary N) is 1. The Morgan fingerprint density at radius 1 is 1.32 bits per heavy atom. The molecule has 0 aliphatic carbocycles. The molecule has 1 unspecified atom stereocenters. The number of furan rings is 1. The highest BCUT2D eigenvalue weighted by molar-refractivity contribution is 7.91. The number of likely N-dealkylation sites (tertiary alicyclic amines) is 1. The van der Waals surface area contributed by atoms with Crippen LogP contribution >= 0.6 is 11.3 Å². The molecule has 0 saturated carbocycles. The summed E-state index contributed by atoms with van der Waals surface area (Å²) in [5.41, 5.74) is 0. The van der Waals surface area contributed by atoms with Gasteiger partial charge in [-0.2, -0.15) is 0 Å². The molecule has 0 radical (unpaired) electrons. The third kappa shape index (κ3) is 4.53. The molecule has 138 valence electrons. The summed E-state index contributed by atoms with van der Waals surface area (Å²) >= 11 is 1.34. The van der Waals surface area contributed by atoms with Crippen molar-refractivity contribution in [2.75, 3.05) is 19.6 Å². The van der Waals surface area contributed by atoms with Gasteiger partial charge in [0.2, 0.25) is 10.0 Å². The lowest BCUT2D eigenvalue weighted by Crippen LogP contribution is -2.41. The maximum absolute atomic E-state index is 12.6. The Kier molecular flexibility index (Phi) is 5.99. The molecule has 2 aromatic rings. The lowest BCUT2D eigenvalue weighted by atomic mass is 9.97. The van der Waals surface area contributed by atoms with Crippen LogP contribution in [-0.4, -0.2) is 33.0 Å². The Bertz CT molecular complexity index is 760. The molecule has 0 aromatic carbocycles. The number of hydrogen-bond acceptors (Lipinski definition) is 5. The fraction of sp³-hybridized carbons (Fsp3) is 0.556. The van der Waals surface area contributed by atoms with Gasteiger partial charge in [-0.05, 0) is 62.5 Å². The van der Waals surface area contributed by atoms with E-state index in [1.54, 1.807) is 12.3 Å². The maximum Gasteiger partial charge on any atom is 0.250 e. The Balaban J connectivity index is 1.72. The Hall–Kier alpha value is -1.15. The standard InChI is InChI=1S/C18H26N2O3S2/c1-3-15-6-7-18(24-15)25(21,22)19-13-16(17-5-4-12-23-17)20-10-8-14(2)9-11-20/h4-7,12,14,16,19H,3,8-11,13H2,1-2H3. The molecule has 1 fully saturated rings. The summed E-state index contributed by atoms with van der Waals surface area (Å²) in [6.45, 7) is 6.55. The van der Waals surface area contributed by atoms with Crippen molar-refractivity contribution >= 4 is 21.4 Å². The first-order valence-electron chi connectivity index (χ1n) is 8.85. The van der Waals surface area contributed by atoms with Crippen molar-refractivity contribution in [1.82, 2.24) is 9.62 Å². The van der Waals surface area contributed by atoms with Crippen molar-refractivity contribution in [1.29, 1.82) is 0 Å². The largest absolute Gasteiger partial charge is 0.468 e. The lowest BCUT2D eigenvalue weighted by Gasteiger charge is -2.35.